The number of esters is 1. The van der Waals surface area contributed by atoms with Crippen molar-refractivity contribution >= 4 is 27.6 Å². The van der Waals surface area contributed by atoms with Crippen LogP contribution in [-0.2, 0) is 26.4 Å². The van der Waals surface area contributed by atoms with E-state index in [9.17, 15) is 13.2 Å². The van der Waals surface area contributed by atoms with Crippen LogP contribution in [0.25, 0.3) is 0 Å². The van der Waals surface area contributed by atoms with Crippen LogP contribution in [0.5, 0.6) is 0 Å². The minimum atomic E-state index is -2.95. The molecule has 1 aliphatic heterocycles. The van der Waals surface area contributed by atoms with Crippen molar-refractivity contribution in [2.45, 2.75) is 37.4 Å². The van der Waals surface area contributed by atoms with Gasteiger partial charge in [-0.2, -0.15) is 0 Å². The van der Waals surface area contributed by atoms with Crippen LogP contribution >= 0.6 is 11.8 Å². The summed E-state index contributed by atoms with van der Waals surface area (Å²) in [7, 11) is -1.16. The molecule has 1 atom stereocenters. The molecule has 0 spiro atoms. The fourth-order valence-corrected chi connectivity index (χ4v) is 4.67. The van der Waals surface area contributed by atoms with Gasteiger partial charge in [0.1, 0.15) is 5.82 Å². The Morgan fingerprint density at radius 2 is 2.19 bits per heavy atom. The molecule has 0 aliphatic carbocycles. The summed E-state index contributed by atoms with van der Waals surface area (Å²) in [6, 6.07) is 0. The van der Waals surface area contributed by atoms with E-state index >= 15 is 0 Å². The van der Waals surface area contributed by atoms with E-state index in [0.29, 0.717) is 17.4 Å². The first-order valence-electron chi connectivity index (χ1n) is 6.70. The number of hydrogen-bond donors (Lipinski definition) is 0. The Balaban J connectivity index is 1.99. The van der Waals surface area contributed by atoms with Gasteiger partial charge < -0.3 is 9.30 Å². The number of hydrogen-bond acceptors (Lipinski definition) is 7. The van der Waals surface area contributed by atoms with Crippen LogP contribution in [0.1, 0.15) is 32.0 Å². The Morgan fingerprint density at radius 3 is 2.76 bits per heavy atom. The maximum atomic E-state index is 11.5. The summed E-state index contributed by atoms with van der Waals surface area (Å²) in [6.07, 6.45) is 0.436. The van der Waals surface area contributed by atoms with E-state index in [0.717, 1.165) is 0 Å². The summed E-state index contributed by atoms with van der Waals surface area (Å²) in [5.41, 5.74) is 0. The number of ether oxygens (including phenoxy) is 1. The SMILES string of the molecule is CC(C)OC(=O)CSc1nnc(C2CCS(=O)(=O)C2)n1C. The van der Waals surface area contributed by atoms with Gasteiger partial charge in [-0.25, -0.2) is 8.42 Å². The Labute approximate surface area is 128 Å². The normalized spacial score (nSPS) is 20.9. The molecule has 1 aromatic heterocycles. The molecule has 118 valence electrons. The quantitative estimate of drug-likeness (QED) is 0.580. The lowest BCUT2D eigenvalue weighted by Crippen LogP contribution is -2.14. The third kappa shape index (κ3) is 4.19. The molecule has 0 saturated carbocycles. The fourth-order valence-electron chi connectivity index (χ4n) is 2.23. The van der Waals surface area contributed by atoms with Crippen molar-refractivity contribution in [2.75, 3.05) is 17.3 Å². The highest BCUT2D eigenvalue weighted by Crippen LogP contribution is 2.29. The molecule has 1 aromatic rings. The van der Waals surface area contributed by atoms with Crippen molar-refractivity contribution in [1.29, 1.82) is 0 Å². The highest BCUT2D eigenvalue weighted by Gasteiger charge is 2.32. The number of aromatic nitrogens is 3. The summed E-state index contributed by atoms with van der Waals surface area (Å²) in [6.45, 7) is 3.59. The van der Waals surface area contributed by atoms with Gasteiger partial charge in [0.2, 0.25) is 0 Å². The third-order valence-electron chi connectivity index (χ3n) is 3.15. The van der Waals surface area contributed by atoms with Gasteiger partial charge >= 0.3 is 5.97 Å². The Morgan fingerprint density at radius 1 is 1.48 bits per heavy atom. The van der Waals surface area contributed by atoms with Crippen LogP contribution in [-0.4, -0.2) is 52.5 Å². The van der Waals surface area contributed by atoms with Gasteiger partial charge in [-0.05, 0) is 20.3 Å². The van der Waals surface area contributed by atoms with Crippen molar-refractivity contribution in [2.24, 2.45) is 7.05 Å². The first kappa shape index (κ1) is 16.3. The topological polar surface area (TPSA) is 91.2 Å². The lowest BCUT2D eigenvalue weighted by atomic mass is 10.1. The molecule has 2 rings (SSSR count). The number of sulfone groups is 1. The maximum absolute atomic E-state index is 11.5. The van der Waals surface area contributed by atoms with E-state index in [-0.39, 0.29) is 35.2 Å². The van der Waals surface area contributed by atoms with Crippen molar-refractivity contribution in [3.63, 3.8) is 0 Å². The minimum absolute atomic E-state index is 0.107. The van der Waals surface area contributed by atoms with Crippen LogP contribution in [0.2, 0.25) is 0 Å². The smallest absolute Gasteiger partial charge is 0.316 e. The average Bonchev–Trinajstić information content (AvgIpc) is 2.89. The molecule has 2 heterocycles. The van der Waals surface area contributed by atoms with Crippen molar-refractivity contribution in [3.8, 4) is 0 Å². The van der Waals surface area contributed by atoms with E-state index in [2.05, 4.69) is 10.2 Å². The second kappa shape index (κ2) is 6.35. The van der Waals surface area contributed by atoms with Crippen LogP contribution in [0, 0.1) is 0 Å². The molecule has 9 heteroatoms. The van der Waals surface area contributed by atoms with Gasteiger partial charge in [-0.3, -0.25) is 4.79 Å². The van der Waals surface area contributed by atoms with E-state index in [1.807, 2.05) is 0 Å². The maximum Gasteiger partial charge on any atom is 0.316 e. The molecule has 1 fully saturated rings. The largest absolute Gasteiger partial charge is 0.462 e. The van der Waals surface area contributed by atoms with Gasteiger partial charge in [0, 0.05) is 13.0 Å². The van der Waals surface area contributed by atoms with Crippen molar-refractivity contribution in [1.82, 2.24) is 14.8 Å². The Bertz CT molecular complexity index is 624. The predicted octanol–water partition coefficient (Wildman–Crippen LogP) is 0.761. The van der Waals surface area contributed by atoms with Crippen LogP contribution < -0.4 is 0 Å². The predicted molar refractivity (Wildman–Crippen MR) is 79.0 cm³/mol. The summed E-state index contributed by atoms with van der Waals surface area (Å²) in [4.78, 5) is 11.5. The molecule has 0 aromatic carbocycles. The average molecular weight is 333 g/mol. The molecule has 7 nitrogen and oxygen atoms in total. The number of nitrogens with zero attached hydrogens (tertiary/aromatic N) is 3. The second-order valence-electron chi connectivity index (χ2n) is 5.33. The first-order chi connectivity index (χ1) is 9.78. The van der Waals surface area contributed by atoms with E-state index in [1.54, 1.807) is 25.5 Å². The van der Waals surface area contributed by atoms with Gasteiger partial charge in [0.25, 0.3) is 0 Å². The highest BCUT2D eigenvalue weighted by molar-refractivity contribution is 7.99. The molecule has 21 heavy (non-hydrogen) atoms. The number of rotatable bonds is 5. The van der Waals surface area contributed by atoms with Crippen LogP contribution in [0.3, 0.4) is 0 Å². The molecule has 0 amide bonds. The molecule has 1 unspecified atom stereocenters. The zero-order valence-corrected chi connectivity index (χ0v) is 13.9. The van der Waals surface area contributed by atoms with Crippen LogP contribution in [0.15, 0.2) is 5.16 Å². The van der Waals surface area contributed by atoms with Gasteiger partial charge in [-0.15, -0.1) is 10.2 Å². The molecule has 1 aliphatic rings. The molecule has 1 saturated heterocycles. The zero-order valence-electron chi connectivity index (χ0n) is 12.3. The second-order valence-corrected chi connectivity index (χ2v) is 8.50. The van der Waals surface area contributed by atoms with E-state index < -0.39 is 9.84 Å². The summed E-state index contributed by atoms with van der Waals surface area (Å²) in [5.74, 6) is 0.739. The Hall–Kier alpha value is -1.09. The van der Waals surface area contributed by atoms with E-state index in [1.165, 1.54) is 11.8 Å². The monoisotopic (exact) mass is 333 g/mol. The standard InChI is InChI=1S/C12H19N3O4S2/c1-8(2)19-10(16)6-20-12-14-13-11(15(12)3)9-4-5-21(17,18)7-9/h8-9H,4-7H2,1-3H3. The Kier molecular flexibility index (Phi) is 4.92. The summed E-state index contributed by atoms with van der Waals surface area (Å²) < 4.78 is 29.9. The lowest BCUT2D eigenvalue weighted by Gasteiger charge is -2.09. The van der Waals surface area contributed by atoms with E-state index in [4.69, 9.17) is 4.74 Å². The fraction of sp³-hybridized carbons (Fsp3) is 0.750. The van der Waals surface area contributed by atoms with Crippen LogP contribution in [0.4, 0.5) is 0 Å². The minimum Gasteiger partial charge on any atom is -0.462 e. The molecular weight excluding hydrogens is 314 g/mol. The number of carbonyl (C=O) groups excluding carboxylic acids is 1. The molecular formula is C12H19N3O4S2. The van der Waals surface area contributed by atoms with Gasteiger partial charge in [0.05, 0.1) is 23.4 Å². The van der Waals surface area contributed by atoms with Gasteiger partial charge in [-0.1, -0.05) is 11.8 Å². The van der Waals surface area contributed by atoms with Crippen molar-refractivity contribution < 1.29 is 17.9 Å². The zero-order chi connectivity index (χ0) is 15.6. The summed E-state index contributed by atoms with van der Waals surface area (Å²) in [5, 5.41) is 8.70. The third-order valence-corrected chi connectivity index (χ3v) is 5.91. The van der Waals surface area contributed by atoms with Gasteiger partial charge in [0.15, 0.2) is 15.0 Å². The number of carbonyl (C=O) groups is 1. The molecule has 0 bridgehead atoms. The highest BCUT2D eigenvalue weighted by atomic mass is 32.2. The molecule has 0 N–H and O–H groups in total. The molecule has 0 radical (unpaired) electrons. The lowest BCUT2D eigenvalue weighted by molar-refractivity contribution is -0.144. The summed E-state index contributed by atoms with van der Waals surface area (Å²) >= 11 is 1.24. The first-order valence-corrected chi connectivity index (χ1v) is 9.51. The number of thioether (sulfide) groups is 1. The van der Waals surface area contributed by atoms with Crippen molar-refractivity contribution in [3.05, 3.63) is 5.82 Å².